The molecule has 1 amide bonds. The number of carbonyl (C=O) groups is 1. The lowest BCUT2D eigenvalue weighted by Crippen LogP contribution is -2.29. The topological polar surface area (TPSA) is 71.2 Å². The van der Waals surface area contributed by atoms with E-state index in [1.165, 1.54) is 6.33 Å². The lowest BCUT2D eigenvalue weighted by Gasteiger charge is -2.16. The number of nitrogens with zero attached hydrogens (tertiary/aromatic N) is 4. The number of hydrogen-bond acceptors (Lipinski definition) is 4. The Kier molecular flexibility index (Phi) is 4.08. The first-order chi connectivity index (χ1) is 8.29. The second kappa shape index (κ2) is 5.77. The molecule has 0 saturated carbocycles. The highest BCUT2D eigenvalue weighted by atomic mass is 16.3. The quantitative estimate of drug-likeness (QED) is 0.777. The van der Waals surface area contributed by atoms with Gasteiger partial charge in [0.05, 0.1) is 6.54 Å². The molecule has 0 bridgehead atoms. The van der Waals surface area contributed by atoms with Crippen LogP contribution >= 0.6 is 0 Å². The third-order valence-corrected chi connectivity index (χ3v) is 3.20. The van der Waals surface area contributed by atoms with Gasteiger partial charge in [-0.3, -0.25) is 9.48 Å². The summed E-state index contributed by atoms with van der Waals surface area (Å²) in [6.45, 7) is 2.41. The normalized spacial score (nSPS) is 19.8. The molecule has 0 aliphatic carbocycles. The zero-order valence-corrected chi connectivity index (χ0v) is 9.83. The van der Waals surface area contributed by atoms with Crippen LogP contribution in [0.5, 0.6) is 0 Å². The Morgan fingerprint density at radius 2 is 2.41 bits per heavy atom. The van der Waals surface area contributed by atoms with Gasteiger partial charge in [0.25, 0.3) is 0 Å². The third-order valence-electron chi connectivity index (χ3n) is 3.20. The minimum absolute atomic E-state index is 0.168. The van der Waals surface area contributed by atoms with Crippen molar-refractivity contribution in [2.24, 2.45) is 5.92 Å². The summed E-state index contributed by atoms with van der Waals surface area (Å²) in [6, 6.07) is 0. The summed E-state index contributed by atoms with van der Waals surface area (Å²) in [5, 5.41) is 12.8. The van der Waals surface area contributed by atoms with E-state index in [2.05, 4.69) is 10.1 Å². The van der Waals surface area contributed by atoms with E-state index in [9.17, 15) is 4.79 Å². The number of carbonyl (C=O) groups excluding carboxylic acids is 1. The first kappa shape index (κ1) is 12.0. The molecule has 6 nitrogen and oxygen atoms in total. The number of aryl methyl sites for hydroxylation is 1. The second-order valence-electron chi connectivity index (χ2n) is 4.42. The van der Waals surface area contributed by atoms with E-state index in [0.717, 1.165) is 25.9 Å². The van der Waals surface area contributed by atoms with Crippen molar-refractivity contribution in [3.05, 3.63) is 12.7 Å². The summed E-state index contributed by atoms with van der Waals surface area (Å²) in [4.78, 5) is 17.6. The summed E-state index contributed by atoms with van der Waals surface area (Å²) >= 11 is 0. The number of hydrogen-bond donors (Lipinski definition) is 1. The molecular weight excluding hydrogens is 220 g/mol. The predicted molar refractivity (Wildman–Crippen MR) is 61.0 cm³/mol. The van der Waals surface area contributed by atoms with Gasteiger partial charge in [-0.05, 0) is 18.8 Å². The van der Waals surface area contributed by atoms with Gasteiger partial charge < -0.3 is 10.0 Å². The highest BCUT2D eigenvalue weighted by molar-refractivity contribution is 5.76. The molecule has 94 valence electrons. The van der Waals surface area contributed by atoms with E-state index < -0.39 is 0 Å². The summed E-state index contributed by atoms with van der Waals surface area (Å²) in [5.74, 6) is 0.635. The van der Waals surface area contributed by atoms with Crippen molar-refractivity contribution < 1.29 is 9.90 Å². The van der Waals surface area contributed by atoms with Crippen molar-refractivity contribution in [1.29, 1.82) is 0 Å². The third kappa shape index (κ3) is 3.26. The molecule has 1 atom stereocenters. The maximum atomic E-state index is 11.9. The van der Waals surface area contributed by atoms with Gasteiger partial charge >= 0.3 is 0 Å². The van der Waals surface area contributed by atoms with Crippen LogP contribution in [-0.2, 0) is 11.3 Å². The first-order valence-electron chi connectivity index (χ1n) is 6.00. The first-order valence-corrected chi connectivity index (χ1v) is 6.00. The molecule has 0 spiro atoms. The van der Waals surface area contributed by atoms with Gasteiger partial charge in [-0.2, -0.15) is 5.10 Å². The second-order valence-corrected chi connectivity index (χ2v) is 4.42. The summed E-state index contributed by atoms with van der Waals surface area (Å²) < 4.78 is 1.67. The van der Waals surface area contributed by atoms with Gasteiger partial charge in [-0.15, -0.1) is 0 Å². The molecule has 1 aromatic heterocycles. The Labute approximate surface area is 100 Å². The maximum Gasteiger partial charge on any atom is 0.224 e. The Balaban J connectivity index is 1.73. The fourth-order valence-electron chi connectivity index (χ4n) is 2.19. The van der Waals surface area contributed by atoms with E-state index in [1.54, 1.807) is 11.0 Å². The molecule has 1 fully saturated rings. The number of aliphatic hydroxyl groups excluding tert-OH is 1. The number of aromatic nitrogens is 3. The molecule has 1 aliphatic heterocycles. The Morgan fingerprint density at radius 1 is 1.53 bits per heavy atom. The van der Waals surface area contributed by atoms with Gasteiger partial charge in [0.1, 0.15) is 12.7 Å². The molecule has 2 rings (SSSR count). The van der Waals surface area contributed by atoms with E-state index >= 15 is 0 Å². The molecule has 0 radical (unpaired) electrons. The smallest absolute Gasteiger partial charge is 0.224 e. The Hall–Kier alpha value is -1.43. The average Bonchev–Trinajstić information content (AvgIpc) is 2.97. The Morgan fingerprint density at radius 3 is 3.12 bits per heavy atom. The molecule has 6 heteroatoms. The lowest BCUT2D eigenvalue weighted by atomic mass is 10.1. The van der Waals surface area contributed by atoms with Crippen molar-refractivity contribution in [3.63, 3.8) is 0 Å². The predicted octanol–water partition coefficient (Wildman–Crippen LogP) is -0.101. The van der Waals surface area contributed by atoms with Crippen molar-refractivity contribution >= 4 is 5.91 Å². The van der Waals surface area contributed by atoms with E-state index in [0.29, 0.717) is 18.9 Å². The van der Waals surface area contributed by atoms with Crippen molar-refractivity contribution in [2.75, 3.05) is 19.7 Å². The molecule has 1 aromatic rings. The molecule has 1 unspecified atom stereocenters. The van der Waals surface area contributed by atoms with Crippen LogP contribution in [0.15, 0.2) is 12.7 Å². The minimum Gasteiger partial charge on any atom is -0.396 e. The molecule has 17 heavy (non-hydrogen) atoms. The fourth-order valence-corrected chi connectivity index (χ4v) is 2.19. The molecule has 1 N–H and O–H groups in total. The van der Waals surface area contributed by atoms with Crippen LogP contribution in [0, 0.1) is 5.92 Å². The zero-order valence-electron chi connectivity index (χ0n) is 9.83. The maximum absolute atomic E-state index is 11.9. The molecule has 1 aliphatic rings. The molecule has 0 aromatic carbocycles. The van der Waals surface area contributed by atoms with Crippen LogP contribution < -0.4 is 0 Å². The molecule has 1 saturated heterocycles. The molecular formula is C11H18N4O2. The van der Waals surface area contributed by atoms with Crippen LogP contribution in [-0.4, -0.2) is 50.4 Å². The number of amides is 1. The SMILES string of the molecule is O=C(CCn1cncn1)N1CCC(CCO)C1. The summed E-state index contributed by atoms with van der Waals surface area (Å²) in [6.07, 6.45) is 5.36. The largest absolute Gasteiger partial charge is 0.396 e. The van der Waals surface area contributed by atoms with Gasteiger partial charge in [-0.25, -0.2) is 4.98 Å². The van der Waals surface area contributed by atoms with Crippen LogP contribution in [0.2, 0.25) is 0 Å². The van der Waals surface area contributed by atoms with E-state index in [4.69, 9.17) is 5.11 Å². The van der Waals surface area contributed by atoms with Crippen molar-refractivity contribution in [3.8, 4) is 0 Å². The van der Waals surface area contributed by atoms with Crippen LogP contribution in [0.3, 0.4) is 0 Å². The molecule has 2 heterocycles. The lowest BCUT2D eigenvalue weighted by molar-refractivity contribution is -0.130. The number of aliphatic hydroxyl groups is 1. The highest BCUT2D eigenvalue weighted by Crippen LogP contribution is 2.19. The van der Waals surface area contributed by atoms with Gasteiger partial charge in [0, 0.05) is 26.1 Å². The number of likely N-dealkylation sites (tertiary alicyclic amines) is 1. The van der Waals surface area contributed by atoms with E-state index in [1.807, 2.05) is 4.90 Å². The van der Waals surface area contributed by atoms with E-state index in [-0.39, 0.29) is 12.5 Å². The Bertz CT molecular complexity index is 352. The number of rotatable bonds is 5. The van der Waals surface area contributed by atoms with Crippen molar-refractivity contribution in [2.45, 2.75) is 25.8 Å². The van der Waals surface area contributed by atoms with Gasteiger partial charge in [0.2, 0.25) is 5.91 Å². The van der Waals surface area contributed by atoms with Crippen LogP contribution in [0.4, 0.5) is 0 Å². The zero-order chi connectivity index (χ0) is 12.1. The summed E-state index contributed by atoms with van der Waals surface area (Å²) in [5.41, 5.74) is 0. The van der Waals surface area contributed by atoms with Gasteiger partial charge in [-0.1, -0.05) is 0 Å². The average molecular weight is 238 g/mol. The van der Waals surface area contributed by atoms with Gasteiger partial charge in [0.15, 0.2) is 0 Å². The fraction of sp³-hybridized carbons (Fsp3) is 0.727. The standard InChI is InChI=1S/C11H18N4O2/c16-6-3-10-1-4-14(7-10)11(17)2-5-15-9-12-8-13-15/h8-10,16H,1-7H2. The minimum atomic E-state index is 0.168. The van der Waals surface area contributed by atoms with Crippen LogP contribution in [0.25, 0.3) is 0 Å². The summed E-state index contributed by atoms with van der Waals surface area (Å²) in [7, 11) is 0. The monoisotopic (exact) mass is 238 g/mol. The van der Waals surface area contributed by atoms with Crippen LogP contribution in [0.1, 0.15) is 19.3 Å². The van der Waals surface area contributed by atoms with Crippen molar-refractivity contribution in [1.82, 2.24) is 19.7 Å². The highest BCUT2D eigenvalue weighted by Gasteiger charge is 2.25.